The molecule has 0 saturated carbocycles. The van der Waals surface area contributed by atoms with Gasteiger partial charge >= 0.3 is 129 Å². The second kappa shape index (κ2) is 29.9. The zero-order valence-corrected chi connectivity index (χ0v) is 51.0. The molecule has 28 nitrogen and oxygen atoms in total. The van der Waals surface area contributed by atoms with E-state index in [0.717, 1.165) is 11.0 Å². The van der Waals surface area contributed by atoms with Gasteiger partial charge in [0, 0.05) is 31.2 Å². The molecule has 0 aliphatic heterocycles. The van der Waals surface area contributed by atoms with Crippen LogP contribution in [0.3, 0.4) is 0 Å². The molecule has 74 heavy (non-hydrogen) atoms. The number of nitrogens with one attached hydrogen (secondary N) is 4. The Morgan fingerprint density at radius 1 is 0.581 bits per heavy atom. The van der Waals surface area contributed by atoms with Crippen molar-refractivity contribution in [3.63, 3.8) is 0 Å². The summed E-state index contributed by atoms with van der Waals surface area (Å²) in [6.07, 6.45) is 2.85. The van der Waals surface area contributed by atoms with E-state index in [0.29, 0.717) is 22.6 Å². The Morgan fingerprint density at radius 2 is 0.932 bits per heavy atom. The molecule has 0 atom stereocenters. The summed E-state index contributed by atoms with van der Waals surface area (Å²) in [6, 6.07) is 22.1. The molecule has 0 aliphatic rings. The van der Waals surface area contributed by atoms with E-state index in [-0.39, 0.29) is 175 Å². The van der Waals surface area contributed by atoms with Crippen molar-refractivity contribution in [3.05, 3.63) is 102 Å². The average Bonchev–Trinajstić information content (AvgIpc) is 3.25. The van der Waals surface area contributed by atoms with Gasteiger partial charge in [0.05, 0.1) is 39.7 Å². The summed E-state index contributed by atoms with van der Waals surface area (Å²) in [5, 5.41) is 44.4. The molecule has 2 aromatic heterocycles. The topological polar surface area (TPSA) is 441 Å². The largest absolute Gasteiger partial charge is 1.00 e. The van der Waals surface area contributed by atoms with E-state index >= 15 is 0 Å². The zero-order valence-electron chi connectivity index (χ0n) is 39.7. The maximum absolute atomic E-state index is 12.5. The molecular formula is C38H34N14Na4O14S4. The average molecular weight is 1130 g/mol. The van der Waals surface area contributed by atoms with Gasteiger partial charge < -0.3 is 55.4 Å². The Hall–Kier alpha value is -4.27. The molecule has 0 bridgehead atoms. The van der Waals surface area contributed by atoms with Crippen LogP contribution in [0.1, 0.15) is 11.1 Å². The van der Waals surface area contributed by atoms with E-state index in [9.17, 15) is 49.6 Å². The monoisotopic (exact) mass is 1130 g/mol. The molecule has 8 N–H and O–H groups in total. The van der Waals surface area contributed by atoms with E-state index in [1.807, 2.05) is 0 Å². The molecule has 0 unspecified atom stereocenters. The van der Waals surface area contributed by atoms with E-state index < -0.39 is 70.7 Å². The van der Waals surface area contributed by atoms with Crippen LogP contribution in [0.2, 0.25) is 0 Å². The fourth-order valence-electron chi connectivity index (χ4n) is 5.56. The number of nitrogens with zero attached hydrogens (tertiary/aromatic N) is 8. The van der Waals surface area contributed by atoms with Crippen molar-refractivity contribution >= 4 is 123 Å². The number of rotatable bonds is 19. The second-order valence-corrected chi connectivity index (χ2v) is 18.8. The van der Waals surface area contributed by atoms with Crippen LogP contribution in [0.15, 0.2) is 99.6 Å². The van der Waals surface area contributed by atoms with Gasteiger partial charge in [0.25, 0.3) is 0 Å². The molecule has 2 heterocycles. The summed E-state index contributed by atoms with van der Waals surface area (Å²) in [6.45, 7) is -1.19. The first-order valence-corrected chi connectivity index (χ1v) is 24.5. The van der Waals surface area contributed by atoms with Crippen LogP contribution in [-0.4, -0.2) is 111 Å². The van der Waals surface area contributed by atoms with Gasteiger partial charge in [0.15, 0.2) is 0 Å². The van der Waals surface area contributed by atoms with Gasteiger partial charge in [0.2, 0.25) is 55.7 Å². The van der Waals surface area contributed by atoms with Crippen LogP contribution in [0.4, 0.5) is 58.4 Å². The second-order valence-electron chi connectivity index (χ2n) is 13.9. The van der Waals surface area contributed by atoms with Gasteiger partial charge in [-0.25, -0.2) is 35.5 Å². The molecule has 368 valence electrons. The fraction of sp³-hybridized carbons (Fsp3) is 0.105. The Labute approximate surface area is 512 Å². The number of aliphatic carboxylic acids is 2. The van der Waals surface area contributed by atoms with Gasteiger partial charge in [-0.1, -0.05) is 12.1 Å². The van der Waals surface area contributed by atoms with Crippen molar-refractivity contribution in [2.45, 2.75) is 14.7 Å². The molecule has 0 fully saturated rings. The molecule has 0 spiro atoms. The Morgan fingerprint density at radius 3 is 1.27 bits per heavy atom. The third kappa shape index (κ3) is 21.8. The van der Waals surface area contributed by atoms with E-state index in [4.69, 9.17) is 22.9 Å². The van der Waals surface area contributed by atoms with Crippen LogP contribution in [0.25, 0.3) is 12.2 Å². The van der Waals surface area contributed by atoms with Crippen molar-refractivity contribution in [1.29, 1.82) is 0 Å². The number of carbonyl (C=O) groups is 2. The number of hydrogen-bond donors (Lipinski definition) is 6. The Bertz CT molecular complexity index is 3430. The third-order valence-corrected chi connectivity index (χ3v) is 11.4. The minimum absolute atomic E-state index is 0. The molecule has 6 rings (SSSR count). The van der Waals surface area contributed by atoms with E-state index in [1.165, 1.54) is 97.9 Å². The number of sulfonamides is 2. The first-order valence-electron chi connectivity index (χ1n) is 19.0. The van der Waals surface area contributed by atoms with Crippen molar-refractivity contribution in [1.82, 2.24) is 29.9 Å². The summed E-state index contributed by atoms with van der Waals surface area (Å²) in [5.41, 5.74) is 1.55. The molecule has 0 amide bonds. The molecule has 6 aromatic rings. The van der Waals surface area contributed by atoms with Crippen LogP contribution < -0.4 is 170 Å². The van der Waals surface area contributed by atoms with Gasteiger partial charge in [-0.2, -0.15) is 35.5 Å². The van der Waals surface area contributed by atoms with Gasteiger partial charge in [-0.3, -0.25) is 0 Å². The molecule has 36 heteroatoms. The summed E-state index contributed by atoms with van der Waals surface area (Å²) < 4.78 is 109. The van der Waals surface area contributed by atoms with Crippen LogP contribution in [0, 0.1) is 6.07 Å². The molecule has 4 aromatic carbocycles. The number of carboxylic acid groups (broad SMARTS) is 2. The summed E-state index contributed by atoms with van der Waals surface area (Å²) in [7, 11) is -13.4. The third-order valence-electron chi connectivity index (χ3n) is 8.61. The van der Waals surface area contributed by atoms with Gasteiger partial charge in [-0.15, -0.1) is 43.0 Å². The number of aromatic nitrogens is 6. The number of anilines is 10. The van der Waals surface area contributed by atoms with Gasteiger partial charge in [-0.05, 0) is 71.9 Å². The number of hydrogen-bond acceptors (Lipinski definition) is 26. The number of nitrogens with two attached hydrogens (primary N) is 2. The zero-order chi connectivity index (χ0) is 51.6. The van der Waals surface area contributed by atoms with E-state index in [2.05, 4.69) is 57.2 Å². The smallest absolute Gasteiger partial charge is 0.744 e. The first-order chi connectivity index (χ1) is 32.7. The van der Waals surface area contributed by atoms with Crippen LogP contribution in [-0.2, 0) is 50.4 Å². The number of carboxylic acids is 2. The van der Waals surface area contributed by atoms with E-state index in [1.54, 1.807) is 12.1 Å². The number of primary sulfonamides is 2. The summed E-state index contributed by atoms with van der Waals surface area (Å²) in [5.74, 6) is -3.51. The molecule has 0 saturated heterocycles. The predicted molar refractivity (Wildman–Crippen MR) is 243 cm³/mol. The molecular weight excluding hydrogens is 1100 g/mol. The minimum atomic E-state index is -5.09. The van der Waals surface area contributed by atoms with Crippen molar-refractivity contribution < 1.29 is 180 Å². The fourth-order valence-corrected chi connectivity index (χ4v) is 7.29. The van der Waals surface area contributed by atoms with Gasteiger partial charge in [0.1, 0.15) is 10.1 Å². The normalized spacial score (nSPS) is 10.8. The maximum atomic E-state index is 12.5. The SMILES string of the molecule is CN(CC(=O)[O-])c1nc(Nc2c[c-]c(C=Cc3ccc(Nc4nc(Nc5ccc(S(N)(=O)=O)cc5)nc(N(C)CC(=O)[O-])n4)cc3S(=O)(=O)[O-])cc2)nc(Nc2ccc(S(N)(=O)=O)cc2)n1.O=S(=O)=O.[Na+].[Na+].[Na+].[Na+]. The van der Waals surface area contributed by atoms with Crippen molar-refractivity contribution in [3.8, 4) is 0 Å². The quantitative estimate of drug-likeness (QED) is 0.0190. The predicted octanol–water partition coefficient (Wildman–Crippen LogP) is -13.4. The number of carbonyl (C=O) groups excluding carboxylic acids is 2. The van der Waals surface area contributed by atoms with Crippen molar-refractivity contribution in [2.24, 2.45) is 10.3 Å². The number of likely N-dealkylation sites (N-methyl/N-ethyl adjacent to an activating group) is 2. The minimum Gasteiger partial charge on any atom is -0.744 e. The molecule has 0 radical (unpaired) electrons. The Balaban J connectivity index is 0.00000330. The van der Waals surface area contributed by atoms with Crippen LogP contribution >= 0.6 is 0 Å². The van der Waals surface area contributed by atoms with Crippen molar-refractivity contribution in [2.75, 3.05) is 58.3 Å². The maximum Gasteiger partial charge on any atom is 1.00 e. The van der Waals surface area contributed by atoms with Crippen LogP contribution in [0.5, 0.6) is 0 Å². The summed E-state index contributed by atoms with van der Waals surface area (Å²) in [4.78, 5) is 49.5. The number of benzene rings is 4. The Kier molecular flexibility index (Phi) is 27.3. The molecule has 0 aliphatic carbocycles. The first kappa shape index (κ1) is 67.7. The summed E-state index contributed by atoms with van der Waals surface area (Å²) >= 11 is 0. The standard InChI is InChI=1S/C38H37N14O11S3.4Na.O3S/c1-51(20-31(53)54)37-47-33(45-34(48-37)42-25-11-15-28(16-12-25)64(39,57)58)41-24-8-4-22(5-9-24)3-6-23-7-10-27(19-30(23)66(61,62)63)44-36-46-35(49-38(50-36)52(2)21-32(55)56)43-26-13-17-29(18-14-26)65(40,59)60;;;;;1-4(2)3/h3-4,6-19H,20-21H2,1-2H3,(H,53,54)(H,55,56)(H2,39,57,58)(H2,40,59,60)(H,61,62,63)(H2,41,42,45,47,48)(H2,43,44,46,49,50);;;;;/q-1;4*+1;/p-3.